The van der Waals surface area contributed by atoms with Crippen LogP contribution in [0.25, 0.3) is 0 Å². The molecule has 1 N–H and O–H groups in total. The number of esters is 1. The highest BCUT2D eigenvalue weighted by atomic mass is 31.2. The molecule has 224 valence electrons. The molecule has 2 atom stereocenters. The van der Waals surface area contributed by atoms with E-state index < -0.39 is 19.9 Å². The maximum atomic E-state index is 12.4. The summed E-state index contributed by atoms with van der Waals surface area (Å²) in [5.74, 6) is -0.490. The topological polar surface area (TPSA) is 91.3 Å². The van der Waals surface area contributed by atoms with Gasteiger partial charge in [0.15, 0.2) is 6.26 Å². The van der Waals surface area contributed by atoms with Crippen LogP contribution in [-0.4, -0.2) is 61.9 Å². The zero-order valence-electron chi connectivity index (χ0n) is 24.8. The van der Waals surface area contributed by atoms with Crippen molar-refractivity contribution < 1.29 is 37.3 Å². The first-order valence-electron chi connectivity index (χ1n) is 15.1. The van der Waals surface area contributed by atoms with Gasteiger partial charge in [-0.2, -0.15) is 0 Å². The number of phosphoric acid groups is 1. The standard InChI is InChI=1S/C29H56NO7P/c1-5-6-7-8-9-10-11-12-13-14-15-16-17-20-23-34-25-29(37-27(2)31)26-36-38(32,33)35-24-28-21-18-19-22-30(28,3)4/h24,29H,5-23,25-26H2,1-4H3/p+1. The summed E-state index contributed by atoms with van der Waals surface area (Å²) >= 11 is 0. The van der Waals surface area contributed by atoms with Crippen molar-refractivity contribution in [2.75, 3.05) is 40.5 Å². The number of ether oxygens (including phenoxy) is 2. The Balaban J connectivity index is 2.13. The highest BCUT2D eigenvalue weighted by molar-refractivity contribution is 7.47. The van der Waals surface area contributed by atoms with Crippen LogP contribution in [0.2, 0.25) is 0 Å². The van der Waals surface area contributed by atoms with Crippen LogP contribution in [0, 0.1) is 0 Å². The monoisotopic (exact) mass is 562 g/mol. The molecule has 0 saturated carbocycles. The molecule has 1 heterocycles. The lowest BCUT2D eigenvalue weighted by molar-refractivity contribution is -0.858. The Hall–Kier alpha value is -0.920. The van der Waals surface area contributed by atoms with E-state index in [9.17, 15) is 14.3 Å². The molecule has 1 rings (SSSR count). The Morgan fingerprint density at radius 3 is 2.00 bits per heavy atom. The summed E-state index contributed by atoms with van der Waals surface area (Å²) in [7, 11) is -0.232. The number of rotatable bonds is 23. The predicted octanol–water partition coefficient (Wildman–Crippen LogP) is 7.65. The molecule has 8 nitrogen and oxygen atoms in total. The Morgan fingerprint density at radius 1 is 0.921 bits per heavy atom. The molecule has 0 aromatic rings. The molecule has 1 saturated heterocycles. The summed E-state index contributed by atoms with van der Waals surface area (Å²) in [6, 6.07) is 0. The van der Waals surface area contributed by atoms with Crippen LogP contribution in [0.4, 0.5) is 0 Å². The number of likely N-dealkylation sites (tertiary alicyclic amines) is 1. The molecule has 2 unspecified atom stereocenters. The SMILES string of the molecule is CCCCCCCCCCCCCCCCOCC(COP(=O)(O)OC=C1CCCC[N+]1(C)C)OC(C)=O. The highest BCUT2D eigenvalue weighted by Crippen LogP contribution is 2.44. The van der Waals surface area contributed by atoms with Crippen LogP contribution in [0.5, 0.6) is 0 Å². The first-order valence-corrected chi connectivity index (χ1v) is 16.6. The molecule has 0 aromatic heterocycles. The Morgan fingerprint density at radius 2 is 1.47 bits per heavy atom. The van der Waals surface area contributed by atoms with Crippen molar-refractivity contribution in [1.29, 1.82) is 0 Å². The minimum absolute atomic E-state index is 0.114. The van der Waals surface area contributed by atoms with Crippen LogP contribution in [0.3, 0.4) is 0 Å². The Labute approximate surface area is 232 Å². The average Bonchev–Trinajstić information content (AvgIpc) is 2.85. The second kappa shape index (κ2) is 20.9. The van der Waals surface area contributed by atoms with E-state index in [0.29, 0.717) is 11.1 Å². The third-order valence-corrected chi connectivity index (χ3v) is 8.05. The van der Waals surface area contributed by atoms with E-state index in [-0.39, 0.29) is 13.2 Å². The Kier molecular flexibility index (Phi) is 19.3. The van der Waals surface area contributed by atoms with Gasteiger partial charge in [-0.25, -0.2) is 4.57 Å². The number of phosphoric ester groups is 1. The average molecular weight is 563 g/mol. The minimum atomic E-state index is -4.32. The number of nitrogens with zero attached hydrogens (tertiary/aromatic N) is 1. The van der Waals surface area contributed by atoms with E-state index in [0.717, 1.165) is 44.3 Å². The fraction of sp³-hybridized carbons (Fsp3) is 0.897. The van der Waals surface area contributed by atoms with Crippen molar-refractivity contribution in [2.24, 2.45) is 0 Å². The summed E-state index contributed by atoms with van der Waals surface area (Å²) in [6.07, 6.45) is 21.7. The van der Waals surface area contributed by atoms with Gasteiger partial charge >= 0.3 is 13.8 Å². The first-order chi connectivity index (χ1) is 18.2. The van der Waals surface area contributed by atoms with E-state index in [1.165, 1.54) is 90.2 Å². The second-order valence-electron chi connectivity index (χ2n) is 11.2. The van der Waals surface area contributed by atoms with Crippen LogP contribution in [0.1, 0.15) is 123 Å². The third-order valence-electron chi connectivity index (χ3n) is 7.20. The van der Waals surface area contributed by atoms with Crippen LogP contribution in [0.15, 0.2) is 12.0 Å². The fourth-order valence-corrected chi connectivity index (χ4v) is 5.43. The molecule has 0 radical (unpaired) electrons. The summed E-state index contributed by atoms with van der Waals surface area (Å²) in [5, 5.41) is 0. The zero-order chi connectivity index (χ0) is 28.1. The third kappa shape index (κ3) is 18.4. The van der Waals surface area contributed by atoms with Gasteiger partial charge in [0.1, 0.15) is 11.8 Å². The minimum Gasteiger partial charge on any atom is -0.458 e. The quantitative estimate of drug-likeness (QED) is 0.0449. The predicted molar refractivity (Wildman–Crippen MR) is 152 cm³/mol. The summed E-state index contributed by atoms with van der Waals surface area (Å²) in [6.45, 7) is 4.91. The summed E-state index contributed by atoms with van der Waals surface area (Å²) < 4.78 is 34.1. The van der Waals surface area contributed by atoms with E-state index in [1.54, 1.807) is 0 Å². The number of quaternary nitrogens is 1. The molecule has 9 heteroatoms. The van der Waals surface area contributed by atoms with Crippen molar-refractivity contribution in [3.8, 4) is 0 Å². The summed E-state index contributed by atoms with van der Waals surface area (Å²) in [4.78, 5) is 21.5. The van der Waals surface area contributed by atoms with Crippen LogP contribution < -0.4 is 0 Å². The first kappa shape index (κ1) is 35.1. The van der Waals surface area contributed by atoms with Crippen molar-refractivity contribution in [3.63, 3.8) is 0 Å². The van der Waals surface area contributed by atoms with Gasteiger partial charge in [-0.15, -0.1) is 0 Å². The largest absolute Gasteiger partial charge is 0.527 e. The lowest BCUT2D eigenvalue weighted by atomic mass is 10.0. The number of allylic oxidation sites excluding steroid dienone is 1. The zero-order valence-corrected chi connectivity index (χ0v) is 25.7. The molecular formula is C29H57NO7P+. The molecule has 1 aliphatic rings. The van der Waals surface area contributed by atoms with Gasteiger partial charge in [-0.3, -0.25) is 18.7 Å². The van der Waals surface area contributed by atoms with Crippen molar-refractivity contribution in [3.05, 3.63) is 12.0 Å². The van der Waals surface area contributed by atoms with Gasteiger partial charge in [0, 0.05) is 20.0 Å². The van der Waals surface area contributed by atoms with Crippen LogP contribution >= 0.6 is 7.82 Å². The van der Waals surface area contributed by atoms with E-state index in [4.69, 9.17) is 18.5 Å². The normalized spacial score (nSPS) is 18.7. The molecule has 0 spiro atoms. The maximum Gasteiger partial charge on any atom is 0.527 e. The van der Waals surface area contributed by atoms with Gasteiger partial charge in [0.2, 0.25) is 0 Å². The highest BCUT2D eigenvalue weighted by Gasteiger charge is 2.30. The van der Waals surface area contributed by atoms with E-state index in [1.807, 2.05) is 14.1 Å². The van der Waals surface area contributed by atoms with Gasteiger partial charge in [-0.05, 0) is 19.3 Å². The second-order valence-corrected chi connectivity index (χ2v) is 12.7. The molecule has 0 aromatic carbocycles. The molecule has 1 fully saturated rings. The van der Waals surface area contributed by atoms with Gasteiger partial charge in [-0.1, -0.05) is 90.4 Å². The van der Waals surface area contributed by atoms with Gasteiger partial charge in [0.05, 0.1) is 33.9 Å². The molecule has 0 amide bonds. The van der Waals surface area contributed by atoms with Crippen molar-refractivity contribution in [1.82, 2.24) is 0 Å². The smallest absolute Gasteiger partial charge is 0.458 e. The van der Waals surface area contributed by atoms with Crippen molar-refractivity contribution in [2.45, 2.75) is 129 Å². The number of piperidine rings is 1. The molecule has 0 aliphatic carbocycles. The van der Waals surface area contributed by atoms with E-state index in [2.05, 4.69) is 6.92 Å². The van der Waals surface area contributed by atoms with E-state index >= 15 is 0 Å². The number of unbranched alkanes of at least 4 members (excludes halogenated alkanes) is 13. The van der Waals surface area contributed by atoms with Gasteiger partial charge in [0.25, 0.3) is 0 Å². The van der Waals surface area contributed by atoms with Crippen LogP contribution in [-0.2, 0) is 27.9 Å². The maximum absolute atomic E-state index is 12.4. The lowest BCUT2D eigenvalue weighted by Gasteiger charge is -2.35. The van der Waals surface area contributed by atoms with Gasteiger partial charge < -0.3 is 14.0 Å². The molecule has 1 aliphatic heterocycles. The Bertz CT molecular complexity index is 698. The number of hydrogen-bond donors (Lipinski definition) is 1. The number of hydrogen-bond acceptors (Lipinski definition) is 6. The number of carbonyl (C=O) groups is 1. The number of carbonyl (C=O) groups excluding carboxylic acids is 1. The van der Waals surface area contributed by atoms with Crippen molar-refractivity contribution >= 4 is 13.8 Å². The lowest BCUT2D eigenvalue weighted by Crippen LogP contribution is -2.41. The fourth-order valence-electron chi connectivity index (χ4n) is 4.76. The summed E-state index contributed by atoms with van der Waals surface area (Å²) in [5.41, 5.74) is 0.946. The molecule has 38 heavy (non-hydrogen) atoms. The molecule has 0 bridgehead atoms. The molecular weight excluding hydrogens is 505 g/mol.